The Hall–Kier alpha value is -0.940. The van der Waals surface area contributed by atoms with Crippen molar-refractivity contribution >= 4 is 33.8 Å². The van der Waals surface area contributed by atoms with Gasteiger partial charge < -0.3 is 4.98 Å². The third kappa shape index (κ3) is 2.29. The Morgan fingerprint density at radius 3 is 2.78 bits per heavy atom. The number of fused-ring (bicyclic) bond motifs is 1. The van der Waals surface area contributed by atoms with Gasteiger partial charge >= 0.3 is 0 Å². The van der Waals surface area contributed by atoms with Crippen LogP contribution in [0.4, 0.5) is 0 Å². The fraction of sp³-hybridized carbons (Fsp3) is 0.538. The van der Waals surface area contributed by atoms with Crippen molar-refractivity contribution in [2.24, 2.45) is 11.3 Å². The van der Waals surface area contributed by atoms with Crippen LogP contribution in [0.1, 0.15) is 27.7 Å². The maximum atomic E-state index is 12.4. The summed E-state index contributed by atoms with van der Waals surface area (Å²) < 4.78 is 2.96. The van der Waals surface area contributed by atoms with Crippen LogP contribution in [0.3, 0.4) is 0 Å². The quantitative estimate of drug-likeness (QED) is 0.869. The lowest BCUT2D eigenvalue weighted by Gasteiger charge is -2.29. The molecular formula is C13H18N2OS2. The molecule has 0 bridgehead atoms. The highest BCUT2D eigenvalue weighted by atomic mass is 32.1. The molecule has 0 atom stereocenters. The maximum Gasteiger partial charge on any atom is 0.272 e. The summed E-state index contributed by atoms with van der Waals surface area (Å²) in [5, 5.41) is 1.91. The van der Waals surface area contributed by atoms with E-state index in [-0.39, 0.29) is 11.0 Å². The molecule has 2 rings (SSSR count). The summed E-state index contributed by atoms with van der Waals surface area (Å²) >= 11 is 6.76. The number of H-pyrrole nitrogens is 1. The average Bonchev–Trinajstić information content (AvgIpc) is 2.72. The minimum atomic E-state index is 0.0254. The van der Waals surface area contributed by atoms with Crippen molar-refractivity contribution in [3.8, 4) is 0 Å². The topological polar surface area (TPSA) is 37.8 Å². The van der Waals surface area contributed by atoms with Crippen molar-refractivity contribution < 1.29 is 0 Å². The van der Waals surface area contributed by atoms with Crippen molar-refractivity contribution in [2.45, 2.75) is 34.2 Å². The Morgan fingerprint density at radius 2 is 2.17 bits per heavy atom. The van der Waals surface area contributed by atoms with Gasteiger partial charge in [0.25, 0.3) is 5.56 Å². The van der Waals surface area contributed by atoms with Gasteiger partial charge in [0.15, 0.2) is 4.77 Å². The first-order chi connectivity index (χ1) is 8.33. The van der Waals surface area contributed by atoms with Gasteiger partial charge in [0, 0.05) is 6.54 Å². The second-order valence-electron chi connectivity index (χ2n) is 5.63. The van der Waals surface area contributed by atoms with E-state index in [0.717, 1.165) is 10.2 Å². The molecule has 3 nitrogen and oxygen atoms in total. The molecule has 2 aromatic heterocycles. The lowest BCUT2D eigenvalue weighted by molar-refractivity contribution is 0.206. The number of thiophene rings is 1. The Bertz CT molecular complexity index is 676. The Kier molecular flexibility index (Phi) is 3.47. The highest BCUT2D eigenvalue weighted by Crippen LogP contribution is 2.28. The molecule has 18 heavy (non-hydrogen) atoms. The monoisotopic (exact) mass is 282 g/mol. The molecule has 0 spiro atoms. The number of nitrogens with one attached hydrogen (secondary N) is 1. The zero-order chi connectivity index (χ0) is 13.5. The zero-order valence-corrected chi connectivity index (χ0v) is 12.7. The number of aromatic amines is 1. The normalized spacial score (nSPS) is 12.5. The summed E-state index contributed by atoms with van der Waals surface area (Å²) in [7, 11) is 0. The van der Waals surface area contributed by atoms with Crippen LogP contribution in [0, 0.1) is 16.1 Å². The van der Waals surface area contributed by atoms with E-state index in [1.165, 1.54) is 11.3 Å². The molecule has 0 saturated heterocycles. The molecular weight excluding hydrogens is 264 g/mol. The van der Waals surface area contributed by atoms with Gasteiger partial charge in [-0.3, -0.25) is 9.36 Å². The minimum absolute atomic E-state index is 0.0254. The van der Waals surface area contributed by atoms with Crippen LogP contribution >= 0.6 is 23.6 Å². The zero-order valence-electron chi connectivity index (χ0n) is 11.1. The molecule has 0 aliphatic heterocycles. The summed E-state index contributed by atoms with van der Waals surface area (Å²) in [6.07, 6.45) is 0. The van der Waals surface area contributed by atoms with Gasteiger partial charge in [-0.25, -0.2) is 0 Å². The van der Waals surface area contributed by atoms with E-state index in [2.05, 4.69) is 32.7 Å². The van der Waals surface area contributed by atoms with Crippen molar-refractivity contribution in [1.82, 2.24) is 9.55 Å². The van der Waals surface area contributed by atoms with Crippen molar-refractivity contribution in [1.29, 1.82) is 0 Å². The molecule has 2 aromatic rings. The van der Waals surface area contributed by atoms with Gasteiger partial charge in [0.2, 0.25) is 0 Å². The molecule has 5 heteroatoms. The first kappa shape index (κ1) is 13.5. The predicted octanol–water partition coefficient (Wildman–Crippen LogP) is 3.80. The largest absolute Gasteiger partial charge is 0.331 e. The fourth-order valence-electron chi connectivity index (χ4n) is 1.70. The average molecular weight is 282 g/mol. The Balaban J connectivity index is 2.58. The highest BCUT2D eigenvalue weighted by molar-refractivity contribution is 7.71. The fourth-order valence-corrected chi connectivity index (χ4v) is 2.76. The predicted molar refractivity (Wildman–Crippen MR) is 79.9 cm³/mol. The van der Waals surface area contributed by atoms with Crippen LogP contribution in [-0.4, -0.2) is 9.55 Å². The minimum Gasteiger partial charge on any atom is -0.331 e. The molecule has 0 saturated carbocycles. The van der Waals surface area contributed by atoms with E-state index in [1.54, 1.807) is 4.57 Å². The summed E-state index contributed by atoms with van der Waals surface area (Å²) in [6, 6.07) is 1.90. The van der Waals surface area contributed by atoms with Crippen LogP contribution in [0.5, 0.6) is 0 Å². The summed E-state index contributed by atoms with van der Waals surface area (Å²) in [6.45, 7) is 9.31. The second-order valence-corrected chi connectivity index (χ2v) is 6.93. The van der Waals surface area contributed by atoms with Gasteiger partial charge in [-0.15, -0.1) is 11.3 Å². The van der Waals surface area contributed by atoms with Crippen LogP contribution in [0.2, 0.25) is 0 Å². The molecule has 2 heterocycles. The van der Waals surface area contributed by atoms with Crippen molar-refractivity contribution in [3.05, 3.63) is 26.6 Å². The standard InChI is InChI=1S/C13H18N2OS2/c1-8(2)13(3,4)7-15-11(16)10-9(5-6-18-10)14-12(15)17/h5-6,8H,7H2,1-4H3,(H,14,17). The molecule has 0 amide bonds. The van der Waals surface area contributed by atoms with E-state index in [0.29, 0.717) is 17.2 Å². The van der Waals surface area contributed by atoms with Gasteiger partial charge in [-0.1, -0.05) is 27.7 Å². The van der Waals surface area contributed by atoms with Crippen LogP contribution < -0.4 is 5.56 Å². The summed E-state index contributed by atoms with van der Waals surface area (Å²) in [5.74, 6) is 0.484. The Morgan fingerprint density at radius 1 is 1.50 bits per heavy atom. The summed E-state index contributed by atoms with van der Waals surface area (Å²) in [4.78, 5) is 15.5. The number of rotatable bonds is 3. The first-order valence-electron chi connectivity index (χ1n) is 6.03. The molecule has 0 unspecified atom stereocenters. The lowest BCUT2D eigenvalue weighted by atomic mass is 9.81. The van der Waals surface area contributed by atoms with Gasteiger partial charge in [-0.05, 0) is 35.0 Å². The molecule has 1 N–H and O–H groups in total. The van der Waals surface area contributed by atoms with E-state index in [9.17, 15) is 4.79 Å². The summed E-state index contributed by atoms with van der Waals surface area (Å²) in [5.41, 5.74) is 0.905. The Labute approximate surface area is 115 Å². The number of nitrogens with zero attached hydrogens (tertiary/aromatic N) is 1. The highest BCUT2D eigenvalue weighted by Gasteiger charge is 2.24. The van der Waals surface area contributed by atoms with Crippen molar-refractivity contribution in [2.75, 3.05) is 0 Å². The molecule has 0 aromatic carbocycles. The lowest BCUT2D eigenvalue weighted by Crippen LogP contribution is -2.32. The molecule has 0 aliphatic rings. The van der Waals surface area contributed by atoms with E-state index in [4.69, 9.17) is 12.2 Å². The van der Waals surface area contributed by atoms with E-state index >= 15 is 0 Å². The number of hydrogen-bond acceptors (Lipinski definition) is 3. The third-order valence-corrected chi connectivity index (χ3v) is 4.94. The van der Waals surface area contributed by atoms with Gasteiger partial charge in [0.05, 0.1) is 5.52 Å². The van der Waals surface area contributed by atoms with Gasteiger partial charge in [0.1, 0.15) is 4.70 Å². The molecule has 0 fully saturated rings. The van der Waals surface area contributed by atoms with Crippen LogP contribution in [0.25, 0.3) is 10.2 Å². The molecule has 0 radical (unpaired) electrons. The maximum absolute atomic E-state index is 12.4. The van der Waals surface area contributed by atoms with Crippen molar-refractivity contribution in [3.63, 3.8) is 0 Å². The van der Waals surface area contributed by atoms with E-state index in [1.807, 2.05) is 11.4 Å². The number of hydrogen-bond donors (Lipinski definition) is 1. The second kappa shape index (κ2) is 4.63. The first-order valence-corrected chi connectivity index (χ1v) is 7.32. The van der Waals surface area contributed by atoms with Crippen LogP contribution in [0.15, 0.2) is 16.2 Å². The van der Waals surface area contributed by atoms with Crippen LogP contribution in [-0.2, 0) is 6.54 Å². The number of aromatic nitrogens is 2. The third-order valence-electron chi connectivity index (χ3n) is 3.72. The van der Waals surface area contributed by atoms with Gasteiger partial charge in [-0.2, -0.15) is 0 Å². The smallest absolute Gasteiger partial charge is 0.272 e. The SMILES string of the molecule is CC(C)C(C)(C)Cn1c(=S)[nH]c2ccsc2c1=O. The molecule has 98 valence electrons. The molecule has 0 aliphatic carbocycles. The van der Waals surface area contributed by atoms with E-state index < -0.39 is 0 Å².